The van der Waals surface area contributed by atoms with E-state index in [1.165, 1.54) is 0 Å². The van der Waals surface area contributed by atoms with E-state index >= 15 is 0 Å². The fraction of sp³-hybridized carbons (Fsp3) is 0.375. The van der Waals surface area contributed by atoms with E-state index in [9.17, 15) is 0 Å². The number of rotatable bonds is 2. The van der Waals surface area contributed by atoms with Gasteiger partial charge in [-0.2, -0.15) is 0 Å². The predicted octanol–water partition coefficient (Wildman–Crippen LogP) is 1.99. The zero-order valence-electron chi connectivity index (χ0n) is 7.04. The second kappa shape index (κ2) is 3.85. The molecule has 0 radical (unpaired) electrons. The SMILES string of the molecule is Cc1cc(C(C)ON)cnc1Cl. The Morgan fingerprint density at radius 1 is 1.67 bits per heavy atom. The van der Waals surface area contributed by atoms with Crippen LogP contribution >= 0.6 is 11.6 Å². The molecule has 1 rings (SSSR count). The van der Waals surface area contributed by atoms with Gasteiger partial charge in [0.15, 0.2) is 0 Å². The van der Waals surface area contributed by atoms with Gasteiger partial charge in [0.2, 0.25) is 0 Å². The highest BCUT2D eigenvalue weighted by Gasteiger charge is 2.06. The number of halogens is 1. The van der Waals surface area contributed by atoms with Crippen LogP contribution in [-0.4, -0.2) is 4.98 Å². The van der Waals surface area contributed by atoms with E-state index in [-0.39, 0.29) is 6.10 Å². The standard InChI is InChI=1S/C8H11ClN2O/c1-5-3-7(6(2)12-10)4-11-8(5)9/h3-4,6H,10H2,1-2H3. The number of nitrogens with two attached hydrogens (primary N) is 1. The molecular weight excluding hydrogens is 176 g/mol. The molecule has 0 bridgehead atoms. The number of hydrogen-bond acceptors (Lipinski definition) is 3. The van der Waals surface area contributed by atoms with E-state index in [2.05, 4.69) is 9.82 Å². The summed E-state index contributed by atoms with van der Waals surface area (Å²) in [6.07, 6.45) is 1.51. The van der Waals surface area contributed by atoms with Crippen molar-refractivity contribution in [1.82, 2.24) is 4.98 Å². The van der Waals surface area contributed by atoms with Crippen molar-refractivity contribution in [1.29, 1.82) is 0 Å². The summed E-state index contributed by atoms with van der Waals surface area (Å²) in [7, 11) is 0. The summed E-state index contributed by atoms with van der Waals surface area (Å²) in [5.74, 6) is 5.03. The van der Waals surface area contributed by atoms with Gasteiger partial charge in [-0.25, -0.2) is 10.9 Å². The molecule has 1 unspecified atom stereocenters. The van der Waals surface area contributed by atoms with Crippen molar-refractivity contribution in [2.45, 2.75) is 20.0 Å². The Morgan fingerprint density at radius 2 is 2.33 bits per heavy atom. The second-order valence-electron chi connectivity index (χ2n) is 2.65. The summed E-state index contributed by atoms with van der Waals surface area (Å²) in [4.78, 5) is 8.63. The Kier molecular flexibility index (Phi) is 3.03. The topological polar surface area (TPSA) is 48.1 Å². The normalized spacial score (nSPS) is 13.0. The molecule has 66 valence electrons. The molecule has 2 N–H and O–H groups in total. The van der Waals surface area contributed by atoms with E-state index in [0.717, 1.165) is 11.1 Å². The van der Waals surface area contributed by atoms with Crippen LogP contribution in [0.25, 0.3) is 0 Å². The largest absolute Gasteiger partial charge is 0.297 e. The highest BCUT2D eigenvalue weighted by Crippen LogP contribution is 2.18. The minimum absolute atomic E-state index is 0.145. The van der Waals surface area contributed by atoms with E-state index in [4.69, 9.17) is 17.5 Å². The molecule has 0 amide bonds. The Hall–Kier alpha value is -0.640. The van der Waals surface area contributed by atoms with Crippen LogP contribution in [0.1, 0.15) is 24.2 Å². The zero-order valence-corrected chi connectivity index (χ0v) is 7.80. The first-order valence-electron chi connectivity index (χ1n) is 3.62. The lowest BCUT2D eigenvalue weighted by molar-refractivity contribution is 0.0661. The van der Waals surface area contributed by atoms with Gasteiger partial charge >= 0.3 is 0 Å². The first kappa shape index (κ1) is 9.45. The number of hydrogen-bond donors (Lipinski definition) is 1. The number of nitrogens with zero attached hydrogens (tertiary/aromatic N) is 1. The maximum Gasteiger partial charge on any atom is 0.131 e. The van der Waals surface area contributed by atoms with Crippen molar-refractivity contribution >= 4 is 11.6 Å². The van der Waals surface area contributed by atoms with Crippen molar-refractivity contribution in [2.24, 2.45) is 5.90 Å². The van der Waals surface area contributed by atoms with Gasteiger partial charge in [0.05, 0.1) is 0 Å². The van der Waals surface area contributed by atoms with Crippen molar-refractivity contribution in [3.63, 3.8) is 0 Å². The lowest BCUT2D eigenvalue weighted by Gasteiger charge is -2.09. The van der Waals surface area contributed by atoms with Crippen LogP contribution < -0.4 is 5.90 Å². The van der Waals surface area contributed by atoms with Gasteiger partial charge in [0.25, 0.3) is 0 Å². The predicted molar refractivity (Wildman–Crippen MR) is 47.7 cm³/mol. The Labute approximate surface area is 76.5 Å². The summed E-state index contributed by atoms with van der Waals surface area (Å²) >= 11 is 5.75. The van der Waals surface area contributed by atoms with Gasteiger partial charge in [-0.15, -0.1) is 0 Å². The van der Waals surface area contributed by atoms with Crippen LogP contribution in [-0.2, 0) is 4.84 Å². The van der Waals surface area contributed by atoms with Crippen LogP contribution in [0, 0.1) is 6.92 Å². The van der Waals surface area contributed by atoms with Crippen LogP contribution in [0.4, 0.5) is 0 Å². The fourth-order valence-electron chi connectivity index (χ4n) is 0.881. The molecule has 0 aliphatic carbocycles. The molecule has 1 heterocycles. The molecule has 0 aliphatic heterocycles. The first-order valence-corrected chi connectivity index (χ1v) is 4.00. The minimum Gasteiger partial charge on any atom is -0.297 e. The van der Waals surface area contributed by atoms with E-state index in [1.54, 1.807) is 6.20 Å². The van der Waals surface area contributed by atoms with Gasteiger partial charge in [-0.1, -0.05) is 11.6 Å². The first-order chi connectivity index (χ1) is 5.65. The average Bonchev–Trinajstić information content (AvgIpc) is 2.08. The van der Waals surface area contributed by atoms with Gasteiger partial charge in [-0.3, -0.25) is 4.84 Å². The summed E-state index contributed by atoms with van der Waals surface area (Å²) in [5, 5.41) is 0.517. The zero-order chi connectivity index (χ0) is 9.14. The van der Waals surface area contributed by atoms with E-state index < -0.39 is 0 Å². The third-order valence-corrected chi connectivity index (χ3v) is 2.10. The van der Waals surface area contributed by atoms with E-state index in [0.29, 0.717) is 5.15 Å². The molecule has 0 spiro atoms. The van der Waals surface area contributed by atoms with Crippen LogP contribution in [0.5, 0.6) is 0 Å². The van der Waals surface area contributed by atoms with Crippen molar-refractivity contribution in [2.75, 3.05) is 0 Å². The van der Waals surface area contributed by atoms with Crippen LogP contribution in [0.15, 0.2) is 12.3 Å². The van der Waals surface area contributed by atoms with E-state index in [1.807, 2.05) is 19.9 Å². The minimum atomic E-state index is -0.145. The highest BCUT2D eigenvalue weighted by molar-refractivity contribution is 6.30. The third-order valence-electron chi connectivity index (χ3n) is 1.71. The lowest BCUT2D eigenvalue weighted by Crippen LogP contribution is -2.06. The third kappa shape index (κ3) is 1.94. The molecule has 12 heavy (non-hydrogen) atoms. The summed E-state index contributed by atoms with van der Waals surface area (Å²) in [6.45, 7) is 3.74. The molecular formula is C8H11ClN2O. The Balaban J connectivity index is 2.96. The second-order valence-corrected chi connectivity index (χ2v) is 3.01. The van der Waals surface area contributed by atoms with Gasteiger partial charge in [-0.05, 0) is 25.5 Å². The van der Waals surface area contributed by atoms with Gasteiger partial charge in [0, 0.05) is 11.8 Å². The molecule has 4 heteroatoms. The van der Waals surface area contributed by atoms with Crippen LogP contribution in [0.2, 0.25) is 5.15 Å². The molecule has 0 saturated carbocycles. The molecule has 1 aromatic rings. The molecule has 0 aliphatic rings. The summed E-state index contributed by atoms with van der Waals surface area (Å²) < 4.78 is 0. The molecule has 0 saturated heterocycles. The van der Waals surface area contributed by atoms with Crippen molar-refractivity contribution in [3.8, 4) is 0 Å². The van der Waals surface area contributed by atoms with Crippen molar-refractivity contribution < 1.29 is 4.84 Å². The Bertz CT molecular complexity index is 278. The summed E-state index contributed by atoms with van der Waals surface area (Å²) in [5.41, 5.74) is 1.86. The smallest absolute Gasteiger partial charge is 0.131 e. The number of aromatic nitrogens is 1. The molecule has 3 nitrogen and oxygen atoms in total. The molecule has 1 aromatic heterocycles. The Morgan fingerprint density at radius 3 is 2.83 bits per heavy atom. The highest BCUT2D eigenvalue weighted by atomic mass is 35.5. The fourth-order valence-corrected chi connectivity index (χ4v) is 0.984. The quantitative estimate of drug-likeness (QED) is 0.568. The number of aryl methyl sites for hydroxylation is 1. The summed E-state index contributed by atoms with van der Waals surface area (Å²) in [6, 6.07) is 1.91. The molecule has 0 aromatic carbocycles. The molecule has 0 fully saturated rings. The lowest BCUT2D eigenvalue weighted by atomic mass is 10.1. The maximum absolute atomic E-state index is 5.75. The van der Waals surface area contributed by atoms with Gasteiger partial charge in [0.1, 0.15) is 11.3 Å². The average molecular weight is 187 g/mol. The van der Waals surface area contributed by atoms with Gasteiger partial charge < -0.3 is 0 Å². The van der Waals surface area contributed by atoms with Crippen molar-refractivity contribution in [3.05, 3.63) is 28.5 Å². The monoisotopic (exact) mass is 186 g/mol. The maximum atomic E-state index is 5.75. The van der Waals surface area contributed by atoms with Crippen LogP contribution in [0.3, 0.4) is 0 Å². The number of pyridine rings is 1. The molecule has 1 atom stereocenters.